The maximum absolute atomic E-state index is 12.4. The van der Waals surface area contributed by atoms with Gasteiger partial charge in [0, 0.05) is 6.20 Å². The molecule has 0 aliphatic carbocycles. The van der Waals surface area contributed by atoms with Crippen LogP contribution in [0.25, 0.3) is 0 Å². The molecule has 0 saturated heterocycles. The molecule has 1 aromatic carbocycles. The fraction of sp³-hybridized carbons (Fsp3) is 0.0714. The maximum atomic E-state index is 12.4. The van der Waals surface area contributed by atoms with Crippen molar-refractivity contribution in [1.29, 1.82) is 0 Å². The molecule has 0 radical (unpaired) electrons. The summed E-state index contributed by atoms with van der Waals surface area (Å²) in [5.74, 6) is 0.0613. The predicted octanol–water partition coefficient (Wildman–Crippen LogP) is 5.52. The third-order valence-electron chi connectivity index (χ3n) is 3.09. The van der Waals surface area contributed by atoms with Crippen LogP contribution in [0.2, 0.25) is 15.1 Å². The van der Waals surface area contributed by atoms with E-state index in [4.69, 9.17) is 34.8 Å². The Labute approximate surface area is 171 Å². The molecule has 0 fully saturated rings. The summed E-state index contributed by atoms with van der Waals surface area (Å²) in [6, 6.07) is 8.35. The largest absolute Gasteiger partial charge is 0.272 e. The smallest absolute Gasteiger partial charge is 0.265 e. The van der Waals surface area contributed by atoms with E-state index in [1.165, 1.54) is 16.9 Å². The lowest BCUT2D eigenvalue weighted by atomic mass is 10.2. The van der Waals surface area contributed by atoms with Gasteiger partial charge in [0.2, 0.25) is 0 Å². The molecule has 25 heavy (non-hydrogen) atoms. The molecule has 3 aromatic rings. The first kappa shape index (κ1) is 19.0. The van der Waals surface area contributed by atoms with Gasteiger partial charge >= 0.3 is 0 Å². The minimum Gasteiger partial charge on any atom is -0.265 e. The summed E-state index contributed by atoms with van der Waals surface area (Å²) in [5.41, 5.74) is 0.852. The van der Waals surface area contributed by atoms with Crippen molar-refractivity contribution in [2.24, 2.45) is 0 Å². The standard InChI is InChI=1S/C14H9BrCl3N3O2S2/c15-12-3-4-13(24-12)25(22,23)20-14-11(18)7-21(19-14)6-8-1-2-9(16)10(17)5-8/h1-5,7H,6H2,(H,19,20). The van der Waals surface area contributed by atoms with E-state index in [-0.39, 0.29) is 15.0 Å². The van der Waals surface area contributed by atoms with Crippen LogP contribution in [0.5, 0.6) is 0 Å². The van der Waals surface area contributed by atoms with Crippen LogP contribution < -0.4 is 4.72 Å². The minimum absolute atomic E-state index is 0.0613. The summed E-state index contributed by atoms with van der Waals surface area (Å²) in [6.07, 6.45) is 1.53. The summed E-state index contributed by atoms with van der Waals surface area (Å²) in [6.45, 7) is 0.364. The van der Waals surface area contributed by atoms with Crippen molar-refractivity contribution in [1.82, 2.24) is 9.78 Å². The Morgan fingerprint density at radius 3 is 2.52 bits per heavy atom. The number of anilines is 1. The molecule has 0 spiro atoms. The fourth-order valence-corrected chi connectivity index (χ4v) is 5.59. The van der Waals surface area contributed by atoms with Crippen LogP contribution in [-0.2, 0) is 16.6 Å². The third-order valence-corrected chi connectivity index (χ3v) is 7.56. The number of nitrogens with zero attached hydrogens (tertiary/aromatic N) is 2. The van der Waals surface area contributed by atoms with Gasteiger partial charge in [-0.2, -0.15) is 5.10 Å². The lowest BCUT2D eigenvalue weighted by Crippen LogP contribution is -2.12. The van der Waals surface area contributed by atoms with E-state index in [9.17, 15) is 8.42 Å². The first-order chi connectivity index (χ1) is 11.7. The Kier molecular flexibility index (Phi) is 5.67. The molecule has 0 atom stereocenters. The number of rotatable bonds is 5. The van der Waals surface area contributed by atoms with E-state index < -0.39 is 10.0 Å². The van der Waals surface area contributed by atoms with E-state index in [1.807, 2.05) is 0 Å². The topological polar surface area (TPSA) is 64.0 Å². The average Bonchev–Trinajstić information content (AvgIpc) is 3.10. The quantitative estimate of drug-likeness (QED) is 0.501. The van der Waals surface area contributed by atoms with Crippen molar-refractivity contribution in [2.75, 3.05) is 4.72 Å². The van der Waals surface area contributed by atoms with Gasteiger partial charge in [-0.15, -0.1) is 11.3 Å². The molecular weight excluding hydrogens is 493 g/mol. The number of aromatic nitrogens is 2. The second-order valence-electron chi connectivity index (χ2n) is 4.94. The molecule has 2 heterocycles. The Morgan fingerprint density at radius 1 is 1.12 bits per heavy atom. The minimum atomic E-state index is -3.75. The SMILES string of the molecule is O=S(=O)(Nc1nn(Cc2ccc(Cl)c(Cl)c2)cc1Cl)c1ccc(Br)s1. The van der Waals surface area contributed by atoms with Crippen LogP contribution in [0.15, 0.2) is 44.5 Å². The van der Waals surface area contributed by atoms with Gasteiger partial charge in [-0.05, 0) is 45.8 Å². The van der Waals surface area contributed by atoms with Crippen LogP contribution in [-0.4, -0.2) is 18.2 Å². The zero-order chi connectivity index (χ0) is 18.2. The van der Waals surface area contributed by atoms with Gasteiger partial charge in [-0.1, -0.05) is 40.9 Å². The lowest BCUT2D eigenvalue weighted by molar-refractivity contribution is 0.602. The van der Waals surface area contributed by atoms with Crippen molar-refractivity contribution >= 4 is 77.9 Å². The van der Waals surface area contributed by atoms with Gasteiger partial charge in [-0.3, -0.25) is 9.40 Å². The zero-order valence-electron chi connectivity index (χ0n) is 12.2. The molecule has 11 heteroatoms. The summed E-state index contributed by atoms with van der Waals surface area (Å²) in [5, 5.41) is 5.27. The van der Waals surface area contributed by atoms with Gasteiger partial charge in [0.15, 0.2) is 5.82 Å². The monoisotopic (exact) mass is 499 g/mol. The summed E-state index contributed by atoms with van der Waals surface area (Å²) >= 11 is 22.3. The van der Waals surface area contributed by atoms with Crippen LogP contribution in [0.3, 0.4) is 0 Å². The fourth-order valence-electron chi connectivity index (χ4n) is 1.99. The highest BCUT2D eigenvalue weighted by atomic mass is 79.9. The number of hydrogen-bond acceptors (Lipinski definition) is 4. The average molecular weight is 502 g/mol. The van der Waals surface area contributed by atoms with Crippen LogP contribution in [0, 0.1) is 0 Å². The summed E-state index contributed by atoms with van der Waals surface area (Å²) in [7, 11) is -3.75. The Hall–Kier alpha value is -0.770. The van der Waals surface area contributed by atoms with E-state index in [0.717, 1.165) is 16.9 Å². The van der Waals surface area contributed by atoms with Crippen molar-refractivity contribution in [3.8, 4) is 0 Å². The molecule has 3 rings (SSSR count). The number of hydrogen-bond donors (Lipinski definition) is 1. The second kappa shape index (κ2) is 7.46. The first-order valence-electron chi connectivity index (χ1n) is 6.69. The van der Waals surface area contributed by atoms with Gasteiger partial charge < -0.3 is 0 Å². The number of halogens is 4. The maximum Gasteiger partial charge on any atom is 0.272 e. The molecule has 1 N–H and O–H groups in total. The van der Waals surface area contributed by atoms with Crippen molar-refractivity contribution in [2.45, 2.75) is 10.8 Å². The molecule has 0 aliphatic heterocycles. The molecule has 0 bridgehead atoms. The number of thiophene rings is 1. The number of nitrogens with one attached hydrogen (secondary N) is 1. The normalized spacial score (nSPS) is 11.7. The van der Waals surface area contributed by atoms with Gasteiger partial charge in [0.05, 0.1) is 20.4 Å². The molecular formula is C14H9BrCl3N3O2S2. The lowest BCUT2D eigenvalue weighted by Gasteiger charge is -2.05. The zero-order valence-corrected chi connectivity index (χ0v) is 17.7. The highest BCUT2D eigenvalue weighted by molar-refractivity contribution is 9.11. The van der Waals surface area contributed by atoms with Gasteiger partial charge in [0.1, 0.15) is 9.23 Å². The molecule has 2 aromatic heterocycles. The number of benzene rings is 1. The van der Waals surface area contributed by atoms with E-state index in [0.29, 0.717) is 20.4 Å². The third kappa shape index (κ3) is 4.50. The Balaban J connectivity index is 1.81. The van der Waals surface area contributed by atoms with Gasteiger partial charge in [0.25, 0.3) is 10.0 Å². The molecule has 132 valence electrons. The van der Waals surface area contributed by atoms with Gasteiger partial charge in [-0.25, -0.2) is 8.42 Å². The molecule has 0 saturated carbocycles. The first-order valence-corrected chi connectivity index (χ1v) is 10.9. The summed E-state index contributed by atoms with van der Waals surface area (Å²) < 4.78 is 29.5. The van der Waals surface area contributed by atoms with Crippen LogP contribution in [0.4, 0.5) is 5.82 Å². The predicted molar refractivity (Wildman–Crippen MR) is 106 cm³/mol. The number of sulfonamides is 1. The second-order valence-corrected chi connectivity index (χ2v) is 10.5. The molecule has 0 aliphatic rings. The van der Waals surface area contributed by atoms with Crippen LogP contribution in [0.1, 0.15) is 5.56 Å². The van der Waals surface area contributed by atoms with E-state index in [2.05, 4.69) is 25.8 Å². The molecule has 0 amide bonds. The van der Waals surface area contributed by atoms with E-state index in [1.54, 1.807) is 24.3 Å². The van der Waals surface area contributed by atoms with Crippen molar-refractivity contribution in [3.63, 3.8) is 0 Å². The summed E-state index contributed by atoms with van der Waals surface area (Å²) in [4.78, 5) is 0. The Morgan fingerprint density at radius 2 is 1.88 bits per heavy atom. The highest BCUT2D eigenvalue weighted by Gasteiger charge is 2.20. The van der Waals surface area contributed by atoms with E-state index >= 15 is 0 Å². The Bertz CT molecular complexity index is 1030. The molecule has 5 nitrogen and oxygen atoms in total. The molecule has 0 unspecified atom stereocenters. The van der Waals surface area contributed by atoms with Crippen molar-refractivity contribution < 1.29 is 8.42 Å². The highest BCUT2D eigenvalue weighted by Crippen LogP contribution is 2.29. The van der Waals surface area contributed by atoms with Crippen LogP contribution >= 0.6 is 62.1 Å². The van der Waals surface area contributed by atoms with Crippen molar-refractivity contribution in [3.05, 3.63) is 60.9 Å².